The van der Waals surface area contributed by atoms with Gasteiger partial charge < -0.3 is 9.47 Å². The highest BCUT2D eigenvalue weighted by molar-refractivity contribution is 5.92. The molecule has 0 spiro atoms. The number of aromatic nitrogens is 2. The third-order valence-electron chi connectivity index (χ3n) is 4.97. The molecule has 4 nitrogen and oxygen atoms in total. The molecule has 0 aliphatic carbocycles. The molecule has 0 saturated carbocycles. The fraction of sp³-hybridized carbons (Fsp3) is 0.238. The Hall–Kier alpha value is -2.88. The van der Waals surface area contributed by atoms with Crippen LogP contribution >= 0.6 is 0 Å². The molecule has 1 aliphatic rings. The van der Waals surface area contributed by atoms with Gasteiger partial charge in [0, 0.05) is 25.2 Å². The summed E-state index contributed by atoms with van der Waals surface area (Å²) in [6.07, 6.45) is 5.62. The molecule has 0 bridgehead atoms. The largest absolute Gasteiger partial charge is 0.334 e. The number of carbonyl (C=O) groups excluding carboxylic acids is 1. The lowest BCUT2D eigenvalue weighted by Crippen LogP contribution is -2.30. The smallest absolute Gasteiger partial charge is 0.224 e. The molecule has 25 heavy (non-hydrogen) atoms. The van der Waals surface area contributed by atoms with Gasteiger partial charge in [-0.2, -0.15) is 0 Å². The van der Waals surface area contributed by atoms with Gasteiger partial charge in [0.1, 0.15) is 0 Å². The van der Waals surface area contributed by atoms with E-state index in [4.69, 9.17) is 0 Å². The molecule has 126 valence electrons. The highest BCUT2D eigenvalue weighted by atomic mass is 16.2. The van der Waals surface area contributed by atoms with Gasteiger partial charge in [-0.15, -0.1) is 0 Å². The number of carbonyl (C=O) groups is 1. The summed E-state index contributed by atoms with van der Waals surface area (Å²) < 4.78 is 2.02. The molecule has 4 heteroatoms. The molecule has 1 amide bonds. The first-order chi connectivity index (χ1) is 12.1. The number of hydrogen-bond donors (Lipinski definition) is 0. The van der Waals surface area contributed by atoms with Crippen molar-refractivity contribution in [2.24, 2.45) is 7.05 Å². The summed E-state index contributed by atoms with van der Waals surface area (Å²) in [5.74, 6) is 0.0752. The standard InChI is InChI=1S/C21H21N3O/c1-15(25)24-13-19-11-18(21-12-22-14-23(21)2)10-8-16(19)7-9-17-5-3-4-6-20(17)24/h3-6,8,10-12,14H,7,9,13H2,1-2H3. The number of fused-ring (bicyclic) bond motifs is 2. The van der Waals surface area contributed by atoms with Crippen LogP contribution in [-0.4, -0.2) is 15.5 Å². The maximum atomic E-state index is 12.3. The zero-order chi connectivity index (χ0) is 17.4. The van der Waals surface area contributed by atoms with E-state index in [-0.39, 0.29) is 5.91 Å². The number of aryl methyl sites for hydroxylation is 3. The SMILES string of the molecule is CC(=O)N1Cc2cc(-c3cncn3C)ccc2CCc2ccccc21. The van der Waals surface area contributed by atoms with Crippen molar-refractivity contribution in [2.45, 2.75) is 26.3 Å². The number of anilines is 1. The Morgan fingerprint density at radius 3 is 2.60 bits per heavy atom. The lowest BCUT2D eigenvalue weighted by molar-refractivity contribution is -0.116. The minimum Gasteiger partial charge on any atom is -0.334 e. The van der Waals surface area contributed by atoms with E-state index in [0.717, 1.165) is 29.8 Å². The molecule has 1 aromatic heterocycles. The van der Waals surface area contributed by atoms with E-state index < -0.39 is 0 Å². The molecule has 0 atom stereocenters. The summed E-state index contributed by atoms with van der Waals surface area (Å²) in [7, 11) is 2.00. The van der Waals surface area contributed by atoms with Gasteiger partial charge in [0.2, 0.25) is 5.91 Å². The highest BCUT2D eigenvalue weighted by Gasteiger charge is 2.20. The monoisotopic (exact) mass is 331 g/mol. The van der Waals surface area contributed by atoms with Crippen LogP contribution in [0.5, 0.6) is 0 Å². The molecular weight excluding hydrogens is 310 g/mol. The second kappa shape index (κ2) is 6.20. The Morgan fingerprint density at radius 1 is 1.04 bits per heavy atom. The lowest BCUT2D eigenvalue weighted by Gasteiger charge is -2.28. The van der Waals surface area contributed by atoms with Crippen molar-refractivity contribution in [1.82, 2.24) is 9.55 Å². The van der Waals surface area contributed by atoms with E-state index in [1.807, 2.05) is 47.2 Å². The molecule has 1 aliphatic heterocycles. The molecule has 0 N–H and O–H groups in total. The van der Waals surface area contributed by atoms with Crippen LogP contribution in [0.1, 0.15) is 23.6 Å². The van der Waals surface area contributed by atoms with Crippen LogP contribution < -0.4 is 4.90 Å². The van der Waals surface area contributed by atoms with Gasteiger partial charge in [0.05, 0.1) is 24.8 Å². The maximum absolute atomic E-state index is 12.3. The van der Waals surface area contributed by atoms with Crippen LogP contribution in [0.25, 0.3) is 11.3 Å². The minimum atomic E-state index is 0.0752. The van der Waals surface area contributed by atoms with Crippen molar-refractivity contribution >= 4 is 11.6 Å². The molecular formula is C21H21N3O. The summed E-state index contributed by atoms with van der Waals surface area (Å²) in [4.78, 5) is 18.4. The zero-order valence-corrected chi connectivity index (χ0v) is 14.6. The highest BCUT2D eigenvalue weighted by Crippen LogP contribution is 2.30. The Kier molecular flexibility index (Phi) is 3.88. The fourth-order valence-corrected chi connectivity index (χ4v) is 3.60. The Morgan fingerprint density at radius 2 is 1.84 bits per heavy atom. The number of rotatable bonds is 1. The molecule has 3 aromatic rings. The fourth-order valence-electron chi connectivity index (χ4n) is 3.60. The van der Waals surface area contributed by atoms with Gasteiger partial charge in [-0.3, -0.25) is 4.79 Å². The summed E-state index contributed by atoms with van der Waals surface area (Å²) >= 11 is 0. The second-order valence-electron chi connectivity index (χ2n) is 6.61. The van der Waals surface area contributed by atoms with E-state index in [0.29, 0.717) is 6.54 Å². The molecule has 0 radical (unpaired) electrons. The van der Waals surface area contributed by atoms with Crippen molar-refractivity contribution in [3.05, 3.63) is 71.7 Å². The van der Waals surface area contributed by atoms with E-state index in [9.17, 15) is 4.79 Å². The summed E-state index contributed by atoms with van der Waals surface area (Å²) in [6.45, 7) is 2.25. The normalized spacial score (nSPS) is 13.6. The van der Waals surface area contributed by atoms with Crippen molar-refractivity contribution in [3.8, 4) is 11.3 Å². The predicted molar refractivity (Wildman–Crippen MR) is 99.4 cm³/mol. The van der Waals surface area contributed by atoms with E-state index in [2.05, 4.69) is 29.2 Å². The van der Waals surface area contributed by atoms with Gasteiger partial charge in [0.15, 0.2) is 0 Å². The number of benzene rings is 2. The summed E-state index contributed by atoms with van der Waals surface area (Å²) in [6, 6.07) is 14.8. The number of imidazole rings is 1. The van der Waals surface area contributed by atoms with Crippen molar-refractivity contribution < 1.29 is 4.79 Å². The summed E-state index contributed by atoms with van der Waals surface area (Å²) in [5.41, 5.74) is 7.01. The first kappa shape index (κ1) is 15.6. The van der Waals surface area contributed by atoms with Crippen LogP contribution in [-0.2, 0) is 31.2 Å². The summed E-state index contributed by atoms with van der Waals surface area (Å²) in [5, 5.41) is 0. The molecule has 2 aromatic carbocycles. The van der Waals surface area contributed by atoms with Gasteiger partial charge >= 0.3 is 0 Å². The minimum absolute atomic E-state index is 0.0752. The average molecular weight is 331 g/mol. The first-order valence-corrected chi connectivity index (χ1v) is 8.58. The third kappa shape index (κ3) is 2.84. The number of amides is 1. The molecule has 0 saturated heterocycles. The van der Waals surface area contributed by atoms with Crippen molar-refractivity contribution in [2.75, 3.05) is 4.90 Å². The van der Waals surface area contributed by atoms with Crippen LogP contribution in [0, 0.1) is 0 Å². The van der Waals surface area contributed by atoms with Crippen LogP contribution in [0.3, 0.4) is 0 Å². The zero-order valence-electron chi connectivity index (χ0n) is 14.6. The third-order valence-corrected chi connectivity index (χ3v) is 4.97. The average Bonchev–Trinajstić information content (AvgIpc) is 3.02. The van der Waals surface area contributed by atoms with E-state index in [1.54, 1.807) is 6.92 Å². The van der Waals surface area contributed by atoms with E-state index >= 15 is 0 Å². The van der Waals surface area contributed by atoms with Gasteiger partial charge in [-0.25, -0.2) is 4.98 Å². The first-order valence-electron chi connectivity index (χ1n) is 8.58. The van der Waals surface area contributed by atoms with E-state index in [1.165, 1.54) is 16.7 Å². The van der Waals surface area contributed by atoms with Crippen molar-refractivity contribution in [3.63, 3.8) is 0 Å². The second-order valence-corrected chi connectivity index (χ2v) is 6.61. The predicted octanol–water partition coefficient (Wildman–Crippen LogP) is 3.74. The lowest BCUT2D eigenvalue weighted by atomic mass is 9.93. The van der Waals surface area contributed by atoms with Crippen LogP contribution in [0.2, 0.25) is 0 Å². The Labute approximate surface area is 147 Å². The van der Waals surface area contributed by atoms with Crippen LogP contribution in [0.4, 0.5) is 5.69 Å². The Balaban J connectivity index is 1.79. The van der Waals surface area contributed by atoms with Crippen LogP contribution in [0.15, 0.2) is 55.0 Å². The van der Waals surface area contributed by atoms with Gasteiger partial charge in [-0.1, -0.05) is 30.3 Å². The number of nitrogens with zero attached hydrogens (tertiary/aromatic N) is 3. The molecule has 0 unspecified atom stereocenters. The Bertz CT molecular complexity index is 942. The topological polar surface area (TPSA) is 38.1 Å². The quantitative estimate of drug-likeness (QED) is 0.681. The number of hydrogen-bond acceptors (Lipinski definition) is 2. The van der Waals surface area contributed by atoms with Crippen molar-refractivity contribution in [1.29, 1.82) is 0 Å². The van der Waals surface area contributed by atoms with Gasteiger partial charge in [0.25, 0.3) is 0 Å². The van der Waals surface area contributed by atoms with Gasteiger partial charge in [-0.05, 0) is 41.7 Å². The number of para-hydroxylation sites is 1. The maximum Gasteiger partial charge on any atom is 0.224 e. The molecule has 4 rings (SSSR count). The molecule has 0 fully saturated rings. The molecule has 2 heterocycles.